The number of nitrogens with one attached hydrogen (secondary N) is 1. The van der Waals surface area contributed by atoms with Gasteiger partial charge in [0, 0.05) is 11.8 Å². The molecule has 0 aliphatic carbocycles. The second kappa shape index (κ2) is 7.00. The van der Waals surface area contributed by atoms with E-state index in [2.05, 4.69) is 5.32 Å². The normalized spacial score (nSPS) is 10.3. The van der Waals surface area contributed by atoms with Gasteiger partial charge in [-0.3, -0.25) is 4.79 Å². The minimum absolute atomic E-state index is 0.290. The Labute approximate surface area is 132 Å². The van der Waals surface area contributed by atoms with E-state index in [-0.39, 0.29) is 5.56 Å². The molecule has 23 heavy (non-hydrogen) atoms. The molecule has 1 amide bonds. The maximum Gasteiger partial charge on any atom is 0.338 e. The lowest BCUT2D eigenvalue weighted by atomic mass is 10.1. The summed E-state index contributed by atoms with van der Waals surface area (Å²) >= 11 is 0. The van der Waals surface area contributed by atoms with Gasteiger partial charge < -0.3 is 10.1 Å². The van der Waals surface area contributed by atoms with E-state index in [4.69, 9.17) is 4.74 Å². The molecule has 4 nitrogen and oxygen atoms in total. The summed E-state index contributed by atoms with van der Waals surface area (Å²) in [6.45, 7) is 3.22. The molecule has 0 aliphatic heterocycles. The molecule has 0 atom stereocenters. The number of rotatable bonds is 4. The number of ether oxygens (including phenoxy) is 1. The molecule has 0 saturated carbocycles. The fourth-order valence-electron chi connectivity index (χ4n) is 2.03. The highest BCUT2D eigenvalue weighted by molar-refractivity contribution is 5.95. The Bertz CT molecular complexity index is 739. The zero-order valence-corrected chi connectivity index (χ0v) is 12.7. The van der Waals surface area contributed by atoms with Crippen LogP contribution in [0.25, 0.3) is 0 Å². The summed E-state index contributed by atoms with van der Waals surface area (Å²) in [7, 11) is 0. The minimum atomic E-state index is -0.973. The van der Waals surface area contributed by atoms with Crippen LogP contribution >= 0.6 is 0 Å². The molecule has 0 unspecified atom stereocenters. The number of halogens is 2. The highest BCUT2D eigenvalue weighted by Crippen LogP contribution is 2.16. The van der Waals surface area contributed by atoms with Crippen LogP contribution in [0.15, 0.2) is 36.4 Å². The zero-order chi connectivity index (χ0) is 17.0. The van der Waals surface area contributed by atoms with Gasteiger partial charge in [-0.25, -0.2) is 13.6 Å². The van der Waals surface area contributed by atoms with E-state index in [0.717, 1.165) is 23.3 Å². The second-order valence-corrected chi connectivity index (χ2v) is 5.10. The van der Waals surface area contributed by atoms with Crippen LogP contribution < -0.4 is 5.32 Å². The first-order chi connectivity index (χ1) is 10.8. The lowest BCUT2D eigenvalue weighted by Gasteiger charge is -2.09. The van der Waals surface area contributed by atoms with Gasteiger partial charge in [0.2, 0.25) is 0 Å². The fraction of sp³-hybridized carbons (Fsp3) is 0.176. The second-order valence-electron chi connectivity index (χ2n) is 5.10. The maximum absolute atomic E-state index is 13.0. The summed E-state index contributed by atoms with van der Waals surface area (Å²) < 4.78 is 30.8. The number of hydrogen-bond acceptors (Lipinski definition) is 3. The minimum Gasteiger partial charge on any atom is -0.452 e. The maximum atomic E-state index is 13.0. The molecule has 0 radical (unpaired) electrons. The number of carbonyl (C=O) groups is 2. The summed E-state index contributed by atoms with van der Waals surface area (Å²) in [5, 5.41) is 2.60. The Kier molecular flexibility index (Phi) is 5.05. The molecule has 0 fully saturated rings. The molecule has 0 spiro atoms. The van der Waals surface area contributed by atoms with E-state index in [1.54, 1.807) is 6.07 Å². The van der Waals surface area contributed by atoms with Crippen molar-refractivity contribution in [2.75, 3.05) is 11.9 Å². The van der Waals surface area contributed by atoms with Gasteiger partial charge in [0.05, 0.1) is 5.56 Å². The lowest BCUT2D eigenvalue weighted by molar-refractivity contribution is -0.119. The first-order valence-corrected chi connectivity index (χ1v) is 6.85. The third-order valence-corrected chi connectivity index (χ3v) is 3.09. The molecule has 0 aromatic heterocycles. The van der Waals surface area contributed by atoms with Gasteiger partial charge in [0.1, 0.15) is 11.6 Å². The summed E-state index contributed by atoms with van der Waals surface area (Å²) in [4.78, 5) is 23.5. The molecule has 6 heteroatoms. The number of carbonyl (C=O) groups excluding carboxylic acids is 2. The Balaban J connectivity index is 1.94. The molecular formula is C17H15F2NO3. The van der Waals surface area contributed by atoms with Gasteiger partial charge in [-0.1, -0.05) is 17.7 Å². The highest BCUT2D eigenvalue weighted by atomic mass is 19.1. The standard InChI is InChI=1S/C17H15F2NO3/c1-10-3-4-15(11(2)5-10)20-16(21)9-23-17(22)12-6-13(18)8-14(19)7-12/h3-8H,9H2,1-2H3,(H,20,21). The Hall–Kier alpha value is -2.76. The highest BCUT2D eigenvalue weighted by Gasteiger charge is 2.13. The fourth-order valence-corrected chi connectivity index (χ4v) is 2.03. The summed E-state index contributed by atoms with van der Waals surface area (Å²) in [5.41, 5.74) is 2.24. The van der Waals surface area contributed by atoms with Crippen molar-refractivity contribution in [1.82, 2.24) is 0 Å². The van der Waals surface area contributed by atoms with Crippen LogP contribution in [0.1, 0.15) is 21.5 Å². The van der Waals surface area contributed by atoms with Crippen molar-refractivity contribution >= 4 is 17.6 Å². The lowest BCUT2D eigenvalue weighted by Crippen LogP contribution is -2.21. The molecule has 120 valence electrons. The predicted molar refractivity (Wildman–Crippen MR) is 81.2 cm³/mol. The van der Waals surface area contributed by atoms with Crippen molar-refractivity contribution < 1.29 is 23.1 Å². The molecule has 0 heterocycles. The van der Waals surface area contributed by atoms with Crippen molar-refractivity contribution in [3.05, 3.63) is 64.7 Å². The van der Waals surface area contributed by atoms with Gasteiger partial charge in [-0.2, -0.15) is 0 Å². The number of aryl methyl sites for hydroxylation is 2. The molecule has 2 aromatic rings. The predicted octanol–water partition coefficient (Wildman–Crippen LogP) is 3.38. The van der Waals surface area contributed by atoms with Crippen LogP contribution in [0.2, 0.25) is 0 Å². The smallest absolute Gasteiger partial charge is 0.338 e. The monoisotopic (exact) mass is 319 g/mol. The Morgan fingerprint density at radius 3 is 2.30 bits per heavy atom. The van der Waals surface area contributed by atoms with Crippen molar-refractivity contribution in [1.29, 1.82) is 0 Å². The first-order valence-electron chi connectivity index (χ1n) is 6.85. The van der Waals surface area contributed by atoms with Gasteiger partial charge >= 0.3 is 5.97 Å². The Morgan fingerprint density at radius 2 is 1.70 bits per heavy atom. The quantitative estimate of drug-likeness (QED) is 0.879. The third kappa shape index (κ3) is 4.60. The molecule has 0 bridgehead atoms. The SMILES string of the molecule is Cc1ccc(NC(=O)COC(=O)c2cc(F)cc(F)c2)c(C)c1. The van der Waals surface area contributed by atoms with Crippen LogP contribution in [0.4, 0.5) is 14.5 Å². The van der Waals surface area contributed by atoms with Gasteiger partial charge in [0.15, 0.2) is 6.61 Å². The first kappa shape index (κ1) is 16.6. The summed E-state index contributed by atoms with van der Waals surface area (Å²) in [6.07, 6.45) is 0. The largest absolute Gasteiger partial charge is 0.452 e. The summed E-state index contributed by atoms with van der Waals surface area (Å²) in [5.74, 6) is -3.30. The van der Waals surface area contributed by atoms with Crippen molar-refractivity contribution in [2.45, 2.75) is 13.8 Å². The molecule has 0 saturated heterocycles. The average molecular weight is 319 g/mol. The molecule has 2 aromatic carbocycles. The molecule has 2 rings (SSSR count). The van der Waals surface area contributed by atoms with Crippen molar-refractivity contribution in [3.63, 3.8) is 0 Å². The number of anilines is 1. The summed E-state index contributed by atoms with van der Waals surface area (Å²) in [6, 6.07) is 7.80. The molecular weight excluding hydrogens is 304 g/mol. The van der Waals surface area contributed by atoms with Crippen LogP contribution in [0.3, 0.4) is 0 Å². The van der Waals surface area contributed by atoms with Crippen LogP contribution in [-0.4, -0.2) is 18.5 Å². The molecule has 0 aliphatic rings. The Morgan fingerprint density at radius 1 is 1.04 bits per heavy atom. The third-order valence-electron chi connectivity index (χ3n) is 3.09. The van der Waals surface area contributed by atoms with E-state index in [0.29, 0.717) is 11.8 Å². The topological polar surface area (TPSA) is 55.4 Å². The van der Waals surface area contributed by atoms with E-state index in [9.17, 15) is 18.4 Å². The van der Waals surface area contributed by atoms with Crippen LogP contribution in [-0.2, 0) is 9.53 Å². The van der Waals surface area contributed by atoms with Crippen molar-refractivity contribution in [2.24, 2.45) is 0 Å². The number of benzene rings is 2. The van der Waals surface area contributed by atoms with Gasteiger partial charge in [0.25, 0.3) is 5.91 Å². The van der Waals surface area contributed by atoms with Crippen molar-refractivity contribution in [3.8, 4) is 0 Å². The number of amides is 1. The number of esters is 1. The average Bonchev–Trinajstić information content (AvgIpc) is 2.46. The molecule has 1 N–H and O–H groups in total. The van der Waals surface area contributed by atoms with Crippen LogP contribution in [0, 0.1) is 25.5 Å². The van der Waals surface area contributed by atoms with Crippen LogP contribution in [0.5, 0.6) is 0 Å². The van der Waals surface area contributed by atoms with E-state index >= 15 is 0 Å². The van der Waals surface area contributed by atoms with E-state index in [1.165, 1.54) is 0 Å². The van der Waals surface area contributed by atoms with Gasteiger partial charge in [-0.05, 0) is 37.6 Å². The number of hydrogen-bond donors (Lipinski definition) is 1. The zero-order valence-electron chi connectivity index (χ0n) is 12.7. The van der Waals surface area contributed by atoms with E-state index < -0.39 is 30.1 Å². The van der Waals surface area contributed by atoms with E-state index in [1.807, 2.05) is 26.0 Å². The van der Waals surface area contributed by atoms with Gasteiger partial charge in [-0.15, -0.1) is 0 Å².